The molecule has 0 bridgehead atoms. The summed E-state index contributed by atoms with van der Waals surface area (Å²) in [5, 5.41) is 0. The van der Waals surface area contributed by atoms with Gasteiger partial charge in [0.1, 0.15) is 5.82 Å². The lowest BCUT2D eigenvalue weighted by Gasteiger charge is -2.13. The van der Waals surface area contributed by atoms with Gasteiger partial charge in [0.05, 0.1) is 0 Å². The maximum atomic E-state index is 13.6. The Labute approximate surface area is 94.7 Å². The number of rotatable bonds is 2. The molecular formula is C14H14FN. The molecule has 16 heavy (non-hydrogen) atoms. The average molecular weight is 215 g/mol. The lowest BCUT2D eigenvalue weighted by atomic mass is 9.92. The summed E-state index contributed by atoms with van der Waals surface area (Å²) in [5.41, 5.74) is 8.16. The van der Waals surface area contributed by atoms with Crippen molar-refractivity contribution >= 4 is 5.69 Å². The number of hydrogen-bond acceptors (Lipinski definition) is 1. The Kier molecular flexibility index (Phi) is 2.91. The molecule has 0 amide bonds. The first kappa shape index (κ1) is 10.7. The maximum Gasteiger partial charge on any atom is 0.127 e. The van der Waals surface area contributed by atoms with Crippen LogP contribution in [0.15, 0.2) is 48.5 Å². The Balaban J connectivity index is 2.39. The largest absolute Gasteiger partial charge is 0.399 e. The third-order valence-electron chi connectivity index (χ3n) is 2.78. The summed E-state index contributed by atoms with van der Waals surface area (Å²) in [6, 6.07) is 14.4. The molecule has 0 spiro atoms. The first-order chi connectivity index (χ1) is 7.68. The van der Waals surface area contributed by atoms with Crippen molar-refractivity contribution in [1.29, 1.82) is 0 Å². The topological polar surface area (TPSA) is 26.0 Å². The Bertz CT molecular complexity index is 494. The number of nitrogens with two attached hydrogens (primary N) is 1. The molecule has 82 valence electrons. The van der Waals surface area contributed by atoms with Gasteiger partial charge in [0.15, 0.2) is 0 Å². The van der Waals surface area contributed by atoms with E-state index in [0.29, 0.717) is 11.3 Å². The highest BCUT2D eigenvalue weighted by atomic mass is 19.1. The zero-order valence-corrected chi connectivity index (χ0v) is 9.15. The van der Waals surface area contributed by atoms with Gasteiger partial charge in [-0.2, -0.15) is 0 Å². The number of hydrogen-bond donors (Lipinski definition) is 1. The second kappa shape index (κ2) is 4.35. The van der Waals surface area contributed by atoms with E-state index in [4.69, 9.17) is 5.73 Å². The highest BCUT2D eigenvalue weighted by molar-refractivity contribution is 5.44. The molecule has 2 aromatic rings. The van der Waals surface area contributed by atoms with Crippen LogP contribution in [0.5, 0.6) is 0 Å². The molecule has 0 radical (unpaired) electrons. The van der Waals surface area contributed by atoms with E-state index >= 15 is 0 Å². The molecule has 0 saturated carbocycles. The second-order valence-electron chi connectivity index (χ2n) is 3.91. The molecule has 2 rings (SSSR count). The molecular weight excluding hydrogens is 201 g/mol. The summed E-state index contributed by atoms with van der Waals surface area (Å²) in [4.78, 5) is 0. The van der Waals surface area contributed by atoms with E-state index in [2.05, 4.69) is 0 Å². The van der Waals surface area contributed by atoms with Crippen molar-refractivity contribution in [3.8, 4) is 0 Å². The molecule has 2 heteroatoms. The minimum atomic E-state index is -0.169. The molecule has 0 aromatic heterocycles. The van der Waals surface area contributed by atoms with Gasteiger partial charge >= 0.3 is 0 Å². The van der Waals surface area contributed by atoms with Gasteiger partial charge in [-0.05, 0) is 29.3 Å². The Morgan fingerprint density at radius 3 is 2.50 bits per heavy atom. The van der Waals surface area contributed by atoms with Gasteiger partial charge in [-0.1, -0.05) is 37.3 Å². The summed E-state index contributed by atoms with van der Waals surface area (Å²) in [6.07, 6.45) is 0. The lowest BCUT2D eigenvalue weighted by molar-refractivity contribution is 0.603. The summed E-state index contributed by atoms with van der Waals surface area (Å²) in [5.74, 6) is -0.151. The summed E-state index contributed by atoms with van der Waals surface area (Å²) in [7, 11) is 0. The average Bonchev–Trinajstić information content (AvgIpc) is 2.29. The summed E-state index contributed by atoms with van der Waals surface area (Å²) < 4.78 is 13.6. The van der Waals surface area contributed by atoms with Gasteiger partial charge in [-0.3, -0.25) is 0 Å². The highest BCUT2D eigenvalue weighted by Crippen LogP contribution is 2.26. The first-order valence-corrected chi connectivity index (χ1v) is 5.28. The monoisotopic (exact) mass is 215 g/mol. The van der Waals surface area contributed by atoms with Crippen molar-refractivity contribution in [2.75, 3.05) is 5.73 Å². The first-order valence-electron chi connectivity index (χ1n) is 5.28. The van der Waals surface area contributed by atoms with Gasteiger partial charge in [-0.15, -0.1) is 0 Å². The Morgan fingerprint density at radius 1 is 1.06 bits per heavy atom. The second-order valence-corrected chi connectivity index (χ2v) is 3.91. The van der Waals surface area contributed by atoms with Crippen LogP contribution in [0.1, 0.15) is 24.0 Å². The number of benzene rings is 2. The van der Waals surface area contributed by atoms with E-state index in [-0.39, 0.29) is 11.7 Å². The Hall–Kier alpha value is -1.83. The molecule has 1 nitrogen and oxygen atoms in total. The summed E-state index contributed by atoms with van der Waals surface area (Å²) in [6.45, 7) is 1.98. The van der Waals surface area contributed by atoms with Gasteiger partial charge in [-0.25, -0.2) is 4.39 Å². The third kappa shape index (κ3) is 2.06. The van der Waals surface area contributed by atoms with E-state index in [1.807, 2.05) is 43.3 Å². The predicted molar refractivity (Wildman–Crippen MR) is 64.8 cm³/mol. The molecule has 2 N–H and O–H groups in total. The van der Waals surface area contributed by atoms with Crippen LogP contribution >= 0.6 is 0 Å². The van der Waals surface area contributed by atoms with Crippen molar-refractivity contribution in [3.63, 3.8) is 0 Å². The normalized spacial score (nSPS) is 12.4. The molecule has 0 aliphatic heterocycles. The summed E-state index contributed by atoms with van der Waals surface area (Å²) >= 11 is 0. The molecule has 0 aliphatic rings. The zero-order valence-electron chi connectivity index (χ0n) is 9.15. The van der Waals surface area contributed by atoms with Crippen molar-refractivity contribution in [3.05, 3.63) is 65.5 Å². The highest BCUT2D eigenvalue weighted by Gasteiger charge is 2.12. The quantitative estimate of drug-likeness (QED) is 0.761. The minimum Gasteiger partial charge on any atom is -0.399 e. The van der Waals surface area contributed by atoms with Crippen LogP contribution in [0.2, 0.25) is 0 Å². The Morgan fingerprint density at radius 2 is 1.81 bits per heavy atom. The fraction of sp³-hybridized carbons (Fsp3) is 0.143. The standard InChI is InChI=1S/C14H14FN/c1-10(11-5-4-6-12(16)9-11)13-7-2-3-8-14(13)15/h2-10H,16H2,1H3. The molecule has 1 atom stereocenters. The smallest absolute Gasteiger partial charge is 0.127 e. The fourth-order valence-electron chi connectivity index (χ4n) is 1.83. The van der Waals surface area contributed by atoms with Crippen LogP contribution in [0.4, 0.5) is 10.1 Å². The van der Waals surface area contributed by atoms with Crippen LogP contribution in [-0.4, -0.2) is 0 Å². The van der Waals surface area contributed by atoms with Gasteiger partial charge in [0.2, 0.25) is 0 Å². The number of anilines is 1. The van der Waals surface area contributed by atoms with Crippen LogP contribution in [0.3, 0.4) is 0 Å². The number of nitrogen functional groups attached to an aromatic ring is 1. The van der Waals surface area contributed by atoms with Crippen LogP contribution < -0.4 is 5.73 Å². The maximum absolute atomic E-state index is 13.6. The van der Waals surface area contributed by atoms with Crippen LogP contribution in [0.25, 0.3) is 0 Å². The fourth-order valence-corrected chi connectivity index (χ4v) is 1.83. The predicted octanol–water partition coefficient (Wildman–Crippen LogP) is 3.56. The van der Waals surface area contributed by atoms with Crippen LogP contribution in [0, 0.1) is 5.82 Å². The minimum absolute atomic E-state index is 0.0182. The third-order valence-corrected chi connectivity index (χ3v) is 2.78. The molecule has 0 fully saturated rings. The van der Waals surface area contributed by atoms with Crippen molar-refractivity contribution in [2.45, 2.75) is 12.8 Å². The van der Waals surface area contributed by atoms with Gasteiger partial charge in [0, 0.05) is 11.6 Å². The van der Waals surface area contributed by atoms with Crippen molar-refractivity contribution in [1.82, 2.24) is 0 Å². The molecule has 0 aliphatic carbocycles. The van der Waals surface area contributed by atoms with E-state index in [9.17, 15) is 4.39 Å². The molecule has 0 heterocycles. The van der Waals surface area contributed by atoms with E-state index in [1.165, 1.54) is 6.07 Å². The molecule has 0 saturated heterocycles. The van der Waals surface area contributed by atoms with E-state index in [1.54, 1.807) is 6.07 Å². The van der Waals surface area contributed by atoms with Gasteiger partial charge < -0.3 is 5.73 Å². The zero-order chi connectivity index (χ0) is 11.5. The lowest BCUT2D eigenvalue weighted by Crippen LogP contribution is -1.99. The molecule has 2 aromatic carbocycles. The molecule has 1 unspecified atom stereocenters. The SMILES string of the molecule is CC(c1cccc(N)c1)c1ccccc1F. The van der Waals surface area contributed by atoms with Crippen molar-refractivity contribution < 1.29 is 4.39 Å². The van der Waals surface area contributed by atoms with E-state index in [0.717, 1.165) is 5.56 Å². The van der Waals surface area contributed by atoms with E-state index < -0.39 is 0 Å². The van der Waals surface area contributed by atoms with Gasteiger partial charge in [0.25, 0.3) is 0 Å². The van der Waals surface area contributed by atoms with Crippen LogP contribution in [-0.2, 0) is 0 Å². The number of halogens is 1. The van der Waals surface area contributed by atoms with Crippen molar-refractivity contribution in [2.24, 2.45) is 0 Å².